The smallest absolute Gasteiger partial charge is 0.211 e. The second-order valence-electron chi connectivity index (χ2n) is 4.75. The Bertz CT molecular complexity index is 519. The molecule has 0 bridgehead atoms. The van der Waals surface area contributed by atoms with Crippen LogP contribution in [-0.4, -0.2) is 10.1 Å². The van der Waals surface area contributed by atoms with Gasteiger partial charge in [-0.15, -0.1) is 0 Å². The lowest BCUT2D eigenvalue weighted by Gasteiger charge is -2.21. The van der Waals surface area contributed by atoms with Gasteiger partial charge >= 0.3 is 0 Å². The minimum Gasteiger partial charge on any atom is -0.508 e. The van der Waals surface area contributed by atoms with Crippen LogP contribution in [0.25, 0.3) is 0 Å². The Morgan fingerprint density at radius 2 is 2.00 bits per heavy atom. The minimum atomic E-state index is 0.0486. The summed E-state index contributed by atoms with van der Waals surface area (Å²) in [5.41, 5.74) is 1.15. The summed E-state index contributed by atoms with van der Waals surface area (Å²) in [5, 5.41) is 12.8. The molecule has 2 aromatic rings. The molecule has 0 saturated carbocycles. The topological polar surface area (TPSA) is 58.3 Å². The molecule has 2 N–H and O–H groups in total. The number of hydrogen-bond acceptors (Lipinski definition) is 4. The number of aromatic nitrogens is 1. The summed E-state index contributed by atoms with van der Waals surface area (Å²) in [6, 6.07) is 7.54. The van der Waals surface area contributed by atoms with Crippen LogP contribution in [0.2, 0.25) is 0 Å². The highest BCUT2D eigenvalue weighted by Crippen LogP contribution is 2.23. The highest BCUT2D eigenvalue weighted by molar-refractivity contribution is 5.28. The van der Waals surface area contributed by atoms with Crippen molar-refractivity contribution in [1.29, 1.82) is 0 Å². The maximum Gasteiger partial charge on any atom is 0.211 e. The van der Waals surface area contributed by atoms with Crippen LogP contribution in [0.1, 0.15) is 49.6 Å². The van der Waals surface area contributed by atoms with Gasteiger partial charge in [0, 0.05) is 6.04 Å². The number of aryl methyl sites for hydroxylation is 1. The molecule has 4 nitrogen and oxygen atoms in total. The lowest BCUT2D eigenvalue weighted by atomic mass is 10.0. The summed E-state index contributed by atoms with van der Waals surface area (Å²) in [4.78, 5) is 4.24. The zero-order valence-corrected chi connectivity index (χ0v) is 11.6. The highest BCUT2D eigenvalue weighted by atomic mass is 16.4. The first-order valence-corrected chi connectivity index (χ1v) is 6.57. The number of oxazole rings is 1. The molecule has 102 valence electrons. The van der Waals surface area contributed by atoms with Crippen molar-refractivity contribution in [2.45, 2.75) is 39.3 Å². The van der Waals surface area contributed by atoms with Crippen LogP contribution in [0, 0.1) is 6.92 Å². The lowest BCUT2D eigenvalue weighted by molar-refractivity contribution is 0.367. The van der Waals surface area contributed by atoms with Crippen LogP contribution in [0.5, 0.6) is 5.75 Å². The van der Waals surface area contributed by atoms with Gasteiger partial charge in [-0.3, -0.25) is 5.32 Å². The molecule has 4 heteroatoms. The quantitative estimate of drug-likeness (QED) is 0.864. The second kappa shape index (κ2) is 5.89. The van der Waals surface area contributed by atoms with Gasteiger partial charge in [0.15, 0.2) is 0 Å². The van der Waals surface area contributed by atoms with Gasteiger partial charge in [0.05, 0.1) is 12.2 Å². The first-order chi connectivity index (χ1) is 9.10. The van der Waals surface area contributed by atoms with Crippen LogP contribution in [0.4, 0.5) is 0 Å². The molecule has 0 aliphatic rings. The number of nitrogens with zero attached hydrogens (tertiary/aromatic N) is 1. The van der Waals surface area contributed by atoms with Gasteiger partial charge in [-0.05, 0) is 38.0 Å². The fraction of sp³-hybridized carbons (Fsp3) is 0.400. The van der Waals surface area contributed by atoms with Crippen LogP contribution < -0.4 is 5.32 Å². The van der Waals surface area contributed by atoms with E-state index >= 15 is 0 Å². The van der Waals surface area contributed by atoms with Crippen molar-refractivity contribution in [3.63, 3.8) is 0 Å². The number of rotatable bonds is 5. The Balaban J connectivity index is 2.08. The van der Waals surface area contributed by atoms with Gasteiger partial charge in [0.25, 0.3) is 0 Å². The molecule has 0 radical (unpaired) electrons. The third-order valence-electron chi connectivity index (χ3n) is 3.16. The summed E-state index contributed by atoms with van der Waals surface area (Å²) in [5.74, 6) is 1.81. The normalized spacial score (nSPS) is 14.3. The van der Waals surface area contributed by atoms with Crippen molar-refractivity contribution in [3.05, 3.63) is 47.7 Å². The fourth-order valence-electron chi connectivity index (χ4n) is 2.10. The minimum absolute atomic E-state index is 0.0486. The Hall–Kier alpha value is -1.81. The van der Waals surface area contributed by atoms with E-state index < -0.39 is 0 Å². The van der Waals surface area contributed by atoms with Crippen LogP contribution >= 0.6 is 0 Å². The first kappa shape index (κ1) is 13.6. The SMILES string of the molecule is CCC(NC(C)c1ncc(C)o1)c1ccc(O)cc1. The third kappa shape index (κ3) is 3.35. The summed E-state index contributed by atoms with van der Waals surface area (Å²) >= 11 is 0. The molecule has 1 aromatic heterocycles. The molecule has 2 atom stereocenters. The van der Waals surface area contributed by atoms with Crippen molar-refractivity contribution in [2.75, 3.05) is 0 Å². The fourth-order valence-corrected chi connectivity index (χ4v) is 2.10. The van der Waals surface area contributed by atoms with Gasteiger partial charge in [0.1, 0.15) is 11.5 Å². The van der Waals surface area contributed by atoms with Gasteiger partial charge in [-0.25, -0.2) is 4.98 Å². The Kier molecular flexibility index (Phi) is 4.22. The van der Waals surface area contributed by atoms with E-state index in [-0.39, 0.29) is 17.8 Å². The molecular formula is C15H20N2O2. The molecule has 2 rings (SSSR count). The van der Waals surface area contributed by atoms with Gasteiger partial charge in [-0.1, -0.05) is 19.1 Å². The molecule has 1 heterocycles. The Morgan fingerprint density at radius 1 is 1.32 bits per heavy atom. The summed E-state index contributed by atoms with van der Waals surface area (Å²) in [6.45, 7) is 6.05. The van der Waals surface area contributed by atoms with Crippen LogP contribution in [-0.2, 0) is 0 Å². The van der Waals surface area contributed by atoms with Crippen molar-refractivity contribution >= 4 is 0 Å². The predicted molar refractivity (Wildman–Crippen MR) is 73.9 cm³/mol. The van der Waals surface area contributed by atoms with E-state index in [9.17, 15) is 5.11 Å². The van der Waals surface area contributed by atoms with Gasteiger partial charge < -0.3 is 9.52 Å². The van der Waals surface area contributed by atoms with E-state index in [2.05, 4.69) is 17.2 Å². The number of phenolic OH excluding ortho intramolecular Hbond substituents is 1. The molecule has 0 spiro atoms. The number of aromatic hydroxyl groups is 1. The van der Waals surface area contributed by atoms with Crippen molar-refractivity contribution in [3.8, 4) is 5.75 Å². The van der Waals surface area contributed by atoms with E-state index in [1.807, 2.05) is 26.0 Å². The summed E-state index contributed by atoms with van der Waals surface area (Å²) in [7, 11) is 0. The molecule has 1 aromatic carbocycles. The van der Waals surface area contributed by atoms with E-state index in [0.29, 0.717) is 5.89 Å². The largest absolute Gasteiger partial charge is 0.508 e. The van der Waals surface area contributed by atoms with Gasteiger partial charge in [0.2, 0.25) is 5.89 Å². The molecule has 0 aliphatic heterocycles. The molecule has 0 fully saturated rings. The lowest BCUT2D eigenvalue weighted by Crippen LogP contribution is -2.24. The van der Waals surface area contributed by atoms with Crippen molar-refractivity contribution < 1.29 is 9.52 Å². The Morgan fingerprint density at radius 3 is 2.53 bits per heavy atom. The standard InChI is InChI=1S/C15H20N2O2/c1-4-14(12-5-7-13(18)8-6-12)17-11(3)15-16-9-10(2)19-15/h5-9,11,14,17-18H,4H2,1-3H3. The van der Waals surface area contributed by atoms with E-state index in [1.165, 1.54) is 0 Å². The third-order valence-corrected chi connectivity index (χ3v) is 3.16. The summed E-state index contributed by atoms with van der Waals surface area (Å²) < 4.78 is 5.53. The molecule has 0 amide bonds. The number of benzene rings is 1. The maximum absolute atomic E-state index is 9.33. The first-order valence-electron chi connectivity index (χ1n) is 6.57. The molecule has 0 aliphatic carbocycles. The Labute approximate surface area is 113 Å². The zero-order valence-electron chi connectivity index (χ0n) is 11.6. The second-order valence-corrected chi connectivity index (χ2v) is 4.75. The van der Waals surface area contributed by atoms with Gasteiger partial charge in [-0.2, -0.15) is 0 Å². The zero-order chi connectivity index (χ0) is 13.8. The van der Waals surface area contributed by atoms with Crippen LogP contribution in [0.3, 0.4) is 0 Å². The van der Waals surface area contributed by atoms with E-state index in [4.69, 9.17) is 4.42 Å². The van der Waals surface area contributed by atoms with Crippen molar-refractivity contribution in [2.24, 2.45) is 0 Å². The van der Waals surface area contributed by atoms with E-state index in [1.54, 1.807) is 18.3 Å². The molecular weight excluding hydrogens is 240 g/mol. The predicted octanol–water partition coefficient (Wildman–Crippen LogP) is 3.49. The van der Waals surface area contributed by atoms with Crippen LogP contribution in [0.15, 0.2) is 34.9 Å². The molecule has 19 heavy (non-hydrogen) atoms. The maximum atomic E-state index is 9.33. The highest BCUT2D eigenvalue weighted by Gasteiger charge is 2.17. The summed E-state index contributed by atoms with van der Waals surface area (Å²) in [6.07, 6.45) is 2.68. The monoisotopic (exact) mass is 260 g/mol. The van der Waals surface area contributed by atoms with E-state index in [0.717, 1.165) is 17.7 Å². The molecule has 0 saturated heterocycles. The molecule has 2 unspecified atom stereocenters. The average molecular weight is 260 g/mol. The number of phenols is 1. The average Bonchev–Trinajstić information content (AvgIpc) is 2.84. The van der Waals surface area contributed by atoms with Crippen molar-refractivity contribution in [1.82, 2.24) is 10.3 Å². The number of nitrogens with one attached hydrogen (secondary N) is 1. The number of hydrogen-bond donors (Lipinski definition) is 2.